The Kier molecular flexibility index (Phi) is 3.73. The molecule has 1 heterocycles. The number of nitrogens with one attached hydrogen (secondary N) is 1. The van der Waals surface area contributed by atoms with Gasteiger partial charge in [0.25, 0.3) is 5.56 Å². The summed E-state index contributed by atoms with van der Waals surface area (Å²) in [5, 5.41) is 2.99. The predicted octanol–water partition coefficient (Wildman–Crippen LogP) is 1.17. The molecular formula is C15H22N2O3. The highest BCUT2D eigenvalue weighted by Gasteiger charge is 2.58. The Morgan fingerprint density at radius 2 is 2.15 bits per heavy atom. The first-order valence-corrected chi connectivity index (χ1v) is 6.80. The highest BCUT2D eigenvalue weighted by atomic mass is 16.5. The lowest BCUT2D eigenvalue weighted by molar-refractivity contribution is -0.182. The summed E-state index contributed by atoms with van der Waals surface area (Å²) in [6.07, 6.45) is 2.40. The van der Waals surface area contributed by atoms with Crippen molar-refractivity contribution in [3.8, 4) is 0 Å². The van der Waals surface area contributed by atoms with Crippen molar-refractivity contribution in [2.75, 3.05) is 7.11 Å². The normalized spacial score (nSPS) is 27.7. The molecule has 20 heavy (non-hydrogen) atoms. The first kappa shape index (κ1) is 14.8. The van der Waals surface area contributed by atoms with Crippen molar-refractivity contribution in [3.05, 3.63) is 34.7 Å². The average molecular weight is 278 g/mol. The molecule has 0 radical (unpaired) electrons. The van der Waals surface area contributed by atoms with Gasteiger partial charge in [0.1, 0.15) is 6.54 Å². The zero-order chi connectivity index (χ0) is 15.0. The molecule has 1 N–H and O–H groups in total. The number of hydrogen-bond acceptors (Lipinski definition) is 3. The van der Waals surface area contributed by atoms with Gasteiger partial charge in [-0.3, -0.25) is 9.59 Å². The molecule has 2 atom stereocenters. The van der Waals surface area contributed by atoms with Crippen molar-refractivity contribution >= 4 is 5.91 Å². The number of carbonyl (C=O) groups is 1. The molecule has 0 bridgehead atoms. The van der Waals surface area contributed by atoms with Crippen LogP contribution in [0.1, 0.15) is 27.2 Å². The molecule has 2 rings (SSSR count). The van der Waals surface area contributed by atoms with Crippen LogP contribution in [0.3, 0.4) is 0 Å². The minimum Gasteiger partial charge on any atom is -0.378 e. The summed E-state index contributed by atoms with van der Waals surface area (Å²) < 4.78 is 6.93. The van der Waals surface area contributed by atoms with Crippen LogP contribution in [0.2, 0.25) is 0 Å². The molecule has 0 unspecified atom stereocenters. The number of methoxy groups -OCH3 is 1. The molecule has 0 saturated heterocycles. The van der Waals surface area contributed by atoms with Crippen LogP contribution in [0.25, 0.3) is 0 Å². The van der Waals surface area contributed by atoms with E-state index in [4.69, 9.17) is 4.74 Å². The van der Waals surface area contributed by atoms with E-state index in [1.165, 1.54) is 10.6 Å². The molecule has 0 aromatic carbocycles. The number of carbonyl (C=O) groups excluding carboxylic acids is 1. The number of nitrogens with zero attached hydrogens (tertiary/aromatic N) is 1. The fourth-order valence-electron chi connectivity index (χ4n) is 2.71. The second kappa shape index (κ2) is 5.05. The van der Waals surface area contributed by atoms with Gasteiger partial charge in [-0.2, -0.15) is 0 Å². The van der Waals surface area contributed by atoms with Crippen molar-refractivity contribution < 1.29 is 9.53 Å². The Hall–Kier alpha value is -1.62. The smallest absolute Gasteiger partial charge is 0.250 e. The van der Waals surface area contributed by atoms with Crippen LogP contribution in [0.15, 0.2) is 29.2 Å². The number of amides is 1. The monoisotopic (exact) mass is 278 g/mol. The lowest BCUT2D eigenvalue weighted by Gasteiger charge is -2.59. The van der Waals surface area contributed by atoms with Gasteiger partial charge in [-0.15, -0.1) is 0 Å². The van der Waals surface area contributed by atoms with Crippen molar-refractivity contribution in [3.63, 3.8) is 0 Å². The topological polar surface area (TPSA) is 60.3 Å². The summed E-state index contributed by atoms with van der Waals surface area (Å²) in [6, 6.07) is 4.92. The van der Waals surface area contributed by atoms with Crippen LogP contribution in [0.4, 0.5) is 0 Å². The summed E-state index contributed by atoms with van der Waals surface area (Å²) >= 11 is 0. The van der Waals surface area contributed by atoms with Crippen LogP contribution >= 0.6 is 0 Å². The van der Waals surface area contributed by atoms with E-state index in [1.54, 1.807) is 25.4 Å². The van der Waals surface area contributed by atoms with Crippen LogP contribution in [-0.4, -0.2) is 29.2 Å². The van der Waals surface area contributed by atoms with E-state index in [0.717, 1.165) is 6.42 Å². The summed E-state index contributed by atoms with van der Waals surface area (Å²) in [7, 11) is 1.70. The zero-order valence-corrected chi connectivity index (χ0v) is 12.5. The number of rotatable bonds is 4. The van der Waals surface area contributed by atoms with Gasteiger partial charge in [-0.25, -0.2) is 0 Å². The van der Waals surface area contributed by atoms with Crippen molar-refractivity contribution in [1.29, 1.82) is 0 Å². The van der Waals surface area contributed by atoms with Crippen LogP contribution in [0.5, 0.6) is 0 Å². The molecule has 1 fully saturated rings. The average Bonchev–Trinajstić information content (AvgIpc) is 2.40. The van der Waals surface area contributed by atoms with Crippen molar-refractivity contribution in [2.45, 2.75) is 45.4 Å². The standard InChI is InChI=1S/C15H22N2O3/c1-14(2)11(9-15(14,3)20-4)16-12(18)10-17-8-6-5-7-13(17)19/h5-8,11H,9-10H2,1-4H3,(H,16,18)/t11-,15+/m0/s1. The van der Waals surface area contributed by atoms with Gasteiger partial charge in [-0.05, 0) is 19.4 Å². The van der Waals surface area contributed by atoms with Crippen molar-refractivity contribution in [1.82, 2.24) is 9.88 Å². The second-order valence-corrected chi connectivity index (χ2v) is 6.15. The molecule has 1 aromatic rings. The second-order valence-electron chi connectivity index (χ2n) is 6.15. The first-order chi connectivity index (χ1) is 9.30. The van der Waals surface area contributed by atoms with E-state index in [0.29, 0.717) is 0 Å². The lowest BCUT2D eigenvalue weighted by atomic mass is 9.56. The molecule has 110 valence electrons. The minimum atomic E-state index is -0.214. The fraction of sp³-hybridized carbons (Fsp3) is 0.600. The van der Waals surface area contributed by atoms with E-state index >= 15 is 0 Å². The Bertz CT molecular complexity index is 564. The summed E-state index contributed by atoms with van der Waals surface area (Å²) in [4.78, 5) is 23.6. The molecule has 1 aliphatic rings. The SMILES string of the molecule is CO[C@]1(C)C[C@H](NC(=O)Cn2ccccc2=O)C1(C)C. The molecular weight excluding hydrogens is 256 g/mol. The number of hydrogen-bond donors (Lipinski definition) is 1. The molecule has 0 aliphatic heterocycles. The molecule has 5 nitrogen and oxygen atoms in total. The van der Waals surface area contributed by atoms with Gasteiger partial charge in [0.15, 0.2) is 0 Å². The molecule has 5 heteroatoms. The fourth-order valence-corrected chi connectivity index (χ4v) is 2.71. The van der Waals surface area contributed by atoms with E-state index in [-0.39, 0.29) is 35.1 Å². The highest BCUT2D eigenvalue weighted by Crippen LogP contribution is 2.51. The maximum atomic E-state index is 12.0. The lowest BCUT2D eigenvalue weighted by Crippen LogP contribution is -2.68. The highest BCUT2D eigenvalue weighted by molar-refractivity contribution is 5.76. The largest absolute Gasteiger partial charge is 0.378 e. The third-order valence-electron chi connectivity index (χ3n) is 4.83. The Morgan fingerprint density at radius 3 is 2.70 bits per heavy atom. The van der Waals surface area contributed by atoms with Crippen LogP contribution < -0.4 is 10.9 Å². The van der Waals surface area contributed by atoms with Gasteiger partial charge < -0.3 is 14.6 Å². The molecule has 1 amide bonds. The quantitative estimate of drug-likeness (QED) is 0.899. The predicted molar refractivity (Wildman–Crippen MR) is 76.4 cm³/mol. The maximum absolute atomic E-state index is 12.0. The zero-order valence-electron chi connectivity index (χ0n) is 12.5. The van der Waals surface area contributed by atoms with E-state index < -0.39 is 0 Å². The summed E-state index contributed by atoms with van der Waals surface area (Å²) in [5.41, 5.74) is -0.509. The van der Waals surface area contributed by atoms with Gasteiger partial charge in [0.05, 0.1) is 5.60 Å². The Balaban J connectivity index is 1.98. The Morgan fingerprint density at radius 1 is 1.45 bits per heavy atom. The molecule has 1 saturated carbocycles. The first-order valence-electron chi connectivity index (χ1n) is 6.80. The number of ether oxygens (including phenoxy) is 1. The molecule has 1 aromatic heterocycles. The van der Waals surface area contributed by atoms with Crippen LogP contribution in [0, 0.1) is 5.41 Å². The molecule has 1 aliphatic carbocycles. The van der Waals surface area contributed by atoms with Crippen LogP contribution in [-0.2, 0) is 16.1 Å². The van der Waals surface area contributed by atoms with Gasteiger partial charge in [-0.1, -0.05) is 19.9 Å². The van der Waals surface area contributed by atoms with Gasteiger partial charge >= 0.3 is 0 Å². The maximum Gasteiger partial charge on any atom is 0.250 e. The third-order valence-corrected chi connectivity index (χ3v) is 4.83. The summed E-state index contributed by atoms with van der Waals surface area (Å²) in [6.45, 7) is 6.27. The van der Waals surface area contributed by atoms with E-state index in [2.05, 4.69) is 26.1 Å². The number of pyridine rings is 1. The van der Waals surface area contributed by atoms with Gasteiger partial charge in [0.2, 0.25) is 5.91 Å². The molecule has 0 spiro atoms. The summed E-state index contributed by atoms with van der Waals surface area (Å²) in [5.74, 6) is -0.144. The van der Waals surface area contributed by atoms with E-state index in [9.17, 15) is 9.59 Å². The van der Waals surface area contributed by atoms with Crippen molar-refractivity contribution in [2.24, 2.45) is 5.41 Å². The van der Waals surface area contributed by atoms with E-state index in [1.807, 2.05) is 0 Å². The van der Waals surface area contributed by atoms with Gasteiger partial charge in [0, 0.05) is 30.8 Å². The number of aromatic nitrogens is 1. The third kappa shape index (κ3) is 2.38. The minimum absolute atomic E-state index is 0.0515. The Labute approximate surface area is 118 Å².